The smallest absolute Gasteiger partial charge is 0.321 e. The molecule has 1 atom stereocenters. The summed E-state index contributed by atoms with van der Waals surface area (Å²) in [6.07, 6.45) is 6.71. The van der Waals surface area contributed by atoms with Crippen LogP contribution in [0.15, 0.2) is 0 Å². The minimum absolute atomic E-state index is 0.231. The molecule has 0 saturated carbocycles. The van der Waals surface area contributed by atoms with Gasteiger partial charge in [-0.25, -0.2) is 4.79 Å². The monoisotopic (exact) mass is 376 g/mol. The second-order valence-corrected chi connectivity index (χ2v) is 8.76. The molecule has 0 radical (unpaired) electrons. The first-order chi connectivity index (χ1) is 12.8. The van der Waals surface area contributed by atoms with Gasteiger partial charge in [0.2, 0.25) is 5.91 Å². The Morgan fingerprint density at radius 2 is 1.93 bits per heavy atom. The number of nitrogens with one attached hydrogen (secondary N) is 2. The van der Waals surface area contributed by atoms with E-state index >= 15 is 0 Å². The number of fused-ring (bicyclic) bond motifs is 1. The molecule has 0 bridgehead atoms. The van der Waals surface area contributed by atoms with E-state index in [9.17, 15) is 9.59 Å². The van der Waals surface area contributed by atoms with Crippen molar-refractivity contribution in [3.8, 4) is 0 Å². The highest BCUT2D eigenvalue weighted by Gasteiger charge is 2.28. The van der Waals surface area contributed by atoms with Gasteiger partial charge in [0, 0.05) is 31.0 Å². The zero-order valence-corrected chi connectivity index (χ0v) is 16.8. The van der Waals surface area contributed by atoms with Crippen molar-refractivity contribution in [2.24, 2.45) is 0 Å². The molecule has 1 aromatic rings. The van der Waals surface area contributed by atoms with Crippen LogP contribution in [0.5, 0.6) is 0 Å². The lowest BCUT2D eigenvalue weighted by atomic mass is 9.97. The summed E-state index contributed by atoms with van der Waals surface area (Å²) in [5.74, 6) is 2.21. The Labute approximate surface area is 161 Å². The summed E-state index contributed by atoms with van der Waals surface area (Å²) in [5.41, 5.74) is -0.369. The third-order valence-corrected chi connectivity index (χ3v) is 5.12. The molecule has 2 aliphatic heterocycles. The number of carbonyl (C=O) groups excluding carboxylic acids is 2. The average Bonchev–Trinajstić information content (AvgIpc) is 2.81. The molecule has 3 rings (SSSR count). The molecule has 3 amide bonds. The molecule has 8 nitrogen and oxygen atoms in total. The maximum Gasteiger partial charge on any atom is 0.321 e. The van der Waals surface area contributed by atoms with Gasteiger partial charge in [-0.3, -0.25) is 15.0 Å². The van der Waals surface area contributed by atoms with Gasteiger partial charge < -0.3 is 9.88 Å². The Kier molecular flexibility index (Phi) is 6.14. The summed E-state index contributed by atoms with van der Waals surface area (Å²) in [5, 5.41) is 14.1. The number of rotatable bonds is 3. The summed E-state index contributed by atoms with van der Waals surface area (Å²) >= 11 is 0. The second kappa shape index (κ2) is 8.37. The Bertz CT molecular complexity index is 678. The number of amides is 3. The number of urea groups is 1. The van der Waals surface area contributed by atoms with Gasteiger partial charge in [0.15, 0.2) is 0 Å². The van der Waals surface area contributed by atoms with Gasteiger partial charge in [-0.2, -0.15) is 0 Å². The first-order valence-corrected chi connectivity index (χ1v) is 10.1. The van der Waals surface area contributed by atoms with Crippen molar-refractivity contribution < 1.29 is 9.59 Å². The van der Waals surface area contributed by atoms with Gasteiger partial charge in [-0.05, 0) is 53.0 Å². The summed E-state index contributed by atoms with van der Waals surface area (Å²) in [6.45, 7) is 8.53. The number of likely N-dealkylation sites (tertiary alicyclic amines) is 1. The Hall–Kier alpha value is -1.96. The Morgan fingerprint density at radius 1 is 1.11 bits per heavy atom. The quantitative estimate of drug-likeness (QED) is 0.839. The predicted octanol–water partition coefficient (Wildman–Crippen LogP) is 1.81. The minimum atomic E-state index is -0.441. The number of nitrogens with zero attached hydrogens (tertiary/aromatic N) is 4. The third-order valence-electron chi connectivity index (χ3n) is 5.12. The van der Waals surface area contributed by atoms with Crippen molar-refractivity contribution in [3.05, 3.63) is 11.6 Å². The number of piperidine rings is 1. The van der Waals surface area contributed by atoms with Crippen molar-refractivity contribution in [1.82, 2.24) is 30.3 Å². The highest BCUT2D eigenvalue weighted by atomic mass is 16.2. The third kappa shape index (κ3) is 5.51. The molecule has 0 aliphatic carbocycles. The number of hydrogen-bond acceptors (Lipinski definition) is 5. The van der Waals surface area contributed by atoms with E-state index in [1.807, 2.05) is 20.8 Å². The van der Waals surface area contributed by atoms with E-state index in [4.69, 9.17) is 0 Å². The maximum atomic E-state index is 12.2. The van der Waals surface area contributed by atoms with Gasteiger partial charge in [0.1, 0.15) is 11.6 Å². The fourth-order valence-corrected chi connectivity index (χ4v) is 3.96. The normalized spacial score (nSPS) is 21.2. The van der Waals surface area contributed by atoms with E-state index in [2.05, 4.69) is 30.3 Å². The molecular weight excluding hydrogens is 344 g/mol. The highest BCUT2D eigenvalue weighted by Crippen LogP contribution is 2.27. The number of aryl methyl sites for hydroxylation is 1. The molecule has 0 aromatic carbocycles. The first kappa shape index (κ1) is 19.8. The molecule has 1 saturated heterocycles. The van der Waals surface area contributed by atoms with Gasteiger partial charge in [-0.1, -0.05) is 6.42 Å². The van der Waals surface area contributed by atoms with E-state index < -0.39 is 6.03 Å². The van der Waals surface area contributed by atoms with E-state index in [-0.39, 0.29) is 18.0 Å². The van der Waals surface area contributed by atoms with Crippen LogP contribution in [0, 0.1) is 0 Å². The summed E-state index contributed by atoms with van der Waals surface area (Å²) < 4.78 is 2.30. The molecule has 27 heavy (non-hydrogen) atoms. The SMILES string of the molecule is CC(C)(C)NC(=O)NC(=O)CN1CCCC(c2nnc3n2CCCCC3)C1. The number of hydrogen-bond donors (Lipinski definition) is 2. The average molecular weight is 377 g/mol. The van der Waals surface area contributed by atoms with Crippen LogP contribution >= 0.6 is 0 Å². The van der Waals surface area contributed by atoms with Crippen molar-refractivity contribution >= 4 is 11.9 Å². The number of carbonyl (C=O) groups is 2. The predicted molar refractivity (Wildman–Crippen MR) is 102 cm³/mol. The number of aromatic nitrogens is 3. The molecule has 1 aromatic heterocycles. The molecule has 2 N–H and O–H groups in total. The maximum absolute atomic E-state index is 12.2. The Morgan fingerprint density at radius 3 is 2.70 bits per heavy atom. The molecular formula is C19H32N6O2. The van der Waals surface area contributed by atoms with Crippen molar-refractivity contribution in [1.29, 1.82) is 0 Å². The topological polar surface area (TPSA) is 92.2 Å². The molecule has 8 heteroatoms. The zero-order valence-electron chi connectivity index (χ0n) is 16.8. The van der Waals surface area contributed by atoms with Crippen LogP contribution in [0.1, 0.15) is 70.4 Å². The molecule has 0 spiro atoms. The van der Waals surface area contributed by atoms with Crippen LogP contribution < -0.4 is 10.6 Å². The fourth-order valence-electron chi connectivity index (χ4n) is 3.96. The van der Waals surface area contributed by atoms with E-state index in [0.717, 1.165) is 50.5 Å². The molecule has 2 aliphatic rings. The van der Waals surface area contributed by atoms with E-state index in [1.165, 1.54) is 19.3 Å². The summed E-state index contributed by atoms with van der Waals surface area (Å²) in [7, 11) is 0. The summed E-state index contributed by atoms with van der Waals surface area (Å²) in [4.78, 5) is 26.2. The lowest BCUT2D eigenvalue weighted by molar-refractivity contribution is -0.121. The van der Waals surface area contributed by atoms with E-state index in [1.54, 1.807) is 0 Å². The molecule has 3 heterocycles. The number of imide groups is 1. The van der Waals surface area contributed by atoms with Crippen LogP contribution in [0.25, 0.3) is 0 Å². The molecule has 150 valence electrons. The Balaban J connectivity index is 1.56. The summed E-state index contributed by atoms with van der Waals surface area (Å²) in [6, 6.07) is -0.441. The van der Waals surface area contributed by atoms with Crippen molar-refractivity contribution in [2.75, 3.05) is 19.6 Å². The standard InChI is InChI=1S/C19H32N6O2/c1-19(2,3)21-18(27)20-16(26)13-24-10-7-8-14(12-24)17-23-22-15-9-5-4-6-11-25(15)17/h14H,4-13H2,1-3H3,(H2,20,21,26,27). The van der Waals surface area contributed by atoms with Crippen LogP contribution in [0.2, 0.25) is 0 Å². The van der Waals surface area contributed by atoms with Crippen molar-refractivity contribution in [2.45, 2.75) is 77.3 Å². The molecule has 1 fully saturated rings. The first-order valence-electron chi connectivity index (χ1n) is 10.1. The largest absolute Gasteiger partial charge is 0.333 e. The highest BCUT2D eigenvalue weighted by molar-refractivity contribution is 5.95. The van der Waals surface area contributed by atoms with Gasteiger partial charge in [0.05, 0.1) is 6.54 Å². The van der Waals surface area contributed by atoms with Gasteiger partial charge in [-0.15, -0.1) is 10.2 Å². The minimum Gasteiger partial charge on any atom is -0.333 e. The van der Waals surface area contributed by atoms with Gasteiger partial charge >= 0.3 is 6.03 Å². The van der Waals surface area contributed by atoms with Crippen LogP contribution in [0.3, 0.4) is 0 Å². The van der Waals surface area contributed by atoms with Crippen LogP contribution in [-0.2, 0) is 17.8 Å². The van der Waals surface area contributed by atoms with Gasteiger partial charge in [0.25, 0.3) is 0 Å². The second-order valence-electron chi connectivity index (χ2n) is 8.76. The van der Waals surface area contributed by atoms with Crippen LogP contribution in [-0.4, -0.2) is 56.8 Å². The molecule has 1 unspecified atom stereocenters. The zero-order chi connectivity index (χ0) is 19.4. The lowest BCUT2D eigenvalue weighted by Gasteiger charge is -2.32. The fraction of sp³-hybridized carbons (Fsp3) is 0.789. The van der Waals surface area contributed by atoms with Crippen molar-refractivity contribution in [3.63, 3.8) is 0 Å². The van der Waals surface area contributed by atoms with Crippen LogP contribution in [0.4, 0.5) is 4.79 Å². The lowest BCUT2D eigenvalue weighted by Crippen LogP contribution is -2.51. The van der Waals surface area contributed by atoms with E-state index in [0.29, 0.717) is 5.92 Å².